The lowest BCUT2D eigenvalue weighted by molar-refractivity contribution is -0.509. The van der Waals surface area contributed by atoms with E-state index in [0.29, 0.717) is 28.0 Å². The first-order valence-corrected chi connectivity index (χ1v) is 8.68. The highest BCUT2D eigenvalue weighted by atomic mass is 16.7. The summed E-state index contributed by atoms with van der Waals surface area (Å²) in [4.78, 5) is 0. The maximum absolute atomic E-state index is 10.8. The average Bonchev–Trinajstić information content (AvgIpc) is 3.18. The van der Waals surface area contributed by atoms with Gasteiger partial charge in [0.05, 0.1) is 32.1 Å². The van der Waals surface area contributed by atoms with Gasteiger partial charge in [-0.2, -0.15) is 4.40 Å². The van der Waals surface area contributed by atoms with Crippen LogP contribution in [0.15, 0.2) is 36.7 Å². The normalized spacial score (nSPS) is 12.7. The van der Waals surface area contributed by atoms with Gasteiger partial charge in [0.15, 0.2) is 35.4 Å². The first kappa shape index (κ1) is 16.6. The van der Waals surface area contributed by atoms with E-state index in [2.05, 4.69) is 0 Å². The lowest BCUT2D eigenvalue weighted by atomic mass is 10.0. The van der Waals surface area contributed by atoms with Crippen LogP contribution in [0, 0.1) is 0 Å². The van der Waals surface area contributed by atoms with E-state index in [0.717, 1.165) is 22.0 Å². The molecule has 0 spiro atoms. The minimum Gasteiger partial charge on any atom is -0.504 e. The molecule has 0 saturated heterocycles. The molecule has 2 aromatic carbocycles. The van der Waals surface area contributed by atoms with Gasteiger partial charge in [-0.25, -0.2) is 0 Å². The number of hydrogen-bond acceptors (Lipinski definition) is 6. The highest BCUT2D eigenvalue weighted by Crippen LogP contribution is 2.50. The van der Waals surface area contributed by atoms with E-state index >= 15 is 0 Å². The molecule has 4 aromatic rings. The fraction of sp³-hybridized carbons (Fsp3) is 0.190. The summed E-state index contributed by atoms with van der Waals surface area (Å²) in [5, 5.41) is 14.1. The number of hydrogen-bond donors (Lipinski definition) is 1. The summed E-state index contributed by atoms with van der Waals surface area (Å²) in [6.07, 6.45) is 3.77. The maximum atomic E-state index is 10.8. The Morgan fingerprint density at radius 3 is 2.29 bits per heavy atom. The monoisotopic (exact) mass is 380 g/mol. The molecule has 0 radical (unpaired) electrons. The molecule has 2 aromatic heterocycles. The predicted octanol–water partition coefficient (Wildman–Crippen LogP) is 3.19. The first-order valence-electron chi connectivity index (χ1n) is 8.68. The molecule has 28 heavy (non-hydrogen) atoms. The van der Waals surface area contributed by atoms with Crippen molar-refractivity contribution in [3.8, 4) is 34.5 Å². The van der Waals surface area contributed by atoms with Crippen molar-refractivity contribution in [1.82, 2.24) is 0 Å². The minimum atomic E-state index is -0.00432. The van der Waals surface area contributed by atoms with Gasteiger partial charge in [0.1, 0.15) is 0 Å². The van der Waals surface area contributed by atoms with Gasteiger partial charge in [0.25, 0.3) is 0 Å². The van der Waals surface area contributed by atoms with Gasteiger partial charge in [-0.3, -0.25) is 0 Å². The largest absolute Gasteiger partial charge is 0.504 e. The van der Waals surface area contributed by atoms with Crippen LogP contribution in [-0.2, 0) is 0 Å². The molecule has 3 heterocycles. The molecule has 0 unspecified atom stereocenters. The quantitative estimate of drug-likeness (QED) is 0.334. The number of ether oxygens (including phenoxy) is 5. The molecule has 0 fully saturated rings. The molecule has 1 N–H and O–H groups in total. The second-order valence-corrected chi connectivity index (χ2v) is 6.45. The Morgan fingerprint density at radius 1 is 0.857 bits per heavy atom. The van der Waals surface area contributed by atoms with Crippen LogP contribution in [0.4, 0.5) is 0 Å². The predicted molar refractivity (Wildman–Crippen MR) is 102 cm³/mol. The molecular formula is C21H18NO6+. The van der Waals surface area contributed by atoms with Crippen molar-refractivity contribution in [2.24, 2.45) is 0 Å². The molecular weight excluding hydrogens is 362 g/mol. The Hall–Kier alpha value is -3.61. The van der Waals surface area contributed by atoms with Crippen LogP contribution < -0.4 is 28.1 Å². The third kappa shape index (κ3) is 2.13. The number of phenolic OH excluding ortho intramolecular Hbond substituents is 1. The lowest BCUT2D eigenvalue weighted by Crippen LogP contribution is -2.20. The number of methoxy groups -OCH3 is 3. The van der Waals surface area contributed by atoms with Crippen molar-refractivity contribution >= 4 is 27.1 Å². The molecule has 142 valence electrons. The Kier molecular flexibility index (Phi) is 3.52. The molecule has 0 bridgehead atoms. The second kappa shape index (κ2) is 5.95. The van der Waals surface area contributed by atoms with Crippen LogP contribution in [0.2, 0.25) is 0 Å². The van der Waals surface area contributed by atoms with Crippen LogP contribution in [-0.4, -0.2) is 33.2 Å². The summed E-state index contributed by atoms with van der Waals surface area (Å²) in [5.41, 5.74) is 0.924. The Labute approximate surface area is 160 Å². The van der Waals surface area contributed by atoms with E-state index in [-0.39, 0.29) is 18.3 Å². The van der Waals surface area contributed by atoms with Gasteiger partial charge in [-0.1, -0.05) is 0 Å². The minimum absolute atomic E-state index is 0.00432. The van der Waals surface area contributed by atoms with E-state index in [4.69, 9.17) is 23.7 Å². The van der Waals surface area contributed by atoms with Crippen LogP contribution >= 0.6 is 0 Å². The molecule has 7 heteroatoms. The summed E-state index contributed by atoms with van der Waals surface area (Å²) in [6, 6.07) is 7.88. The summed E-state index contributed by atoms with van der Waals surface area (Å²) in [6.45, 7) is 0.221. The van der Waals surface area contributed by atoms with Crippen molar-refractivity contribution in [2.75, 3.05) is 28.1 Å². The van der Waals surface area contributed by atoms with Crippen LogP contribution in [0.3, 0.4) is 0 Å². The molecule has 1 aliphatic rings. The van der Waals surface area contributed by atoms with Crippen LogP contribution in [0.1, 0.15) is 0 Å². The standard InChI is InChI=1S/C21H17NO6/c1-24-19-13-7-15-12-8-17-16(27-10-28-17)6-11(12)4-5-22(15)9-14(13)18(23)20(25-2)21(19)26-3/h4-9H,10H2,1-3H3/p+1. The van der Waals surface area contributed by atoms with E-state index < -0.39 is 0 Å². The molecule has 7 nitrogen and oxygen atoms in total. The number of aromatic nitrogens is 1. The average molecular weight is 380 g/mol. The lowest BCUT2D eigenvalue weighted by Gasteiger charge is -2.16. The molecule has 0 saturated carbocycles. The molecule has 1 aliphatic heterocycles. The third-order valence-corrected chi connectivity index (χ3v) is 5.09. The smallest absolute Gasteiger partial charge is 0.231 e. The maximum Gasteiger partial charge on any atom is 0.231 e. The number of nitrogens with zero attached hydrogens (tertiary/aromatic N) is 1. The van der Waals surface area contributed by atoms with E-state index in [1.54, 1.807) is 7.11 Å². The Balaban J connectivity index is 1.94. The molecule has 0 aliphatic carbocycles. The second-order valence-electron chi connectivity index (χ2n) is 6.45. The van der Waals surface area contributed by atoms with E-state index in [9.17, 15) is 5.11 Å². The van der Waals surface area contributed by atoms with Crippen molar-refractivity contribution in [2.45, 2.75) is 0 Å². The van der Waals surface area contributed by atoms with Gasteiger partial charge in [-0.05, 0) is 17.5 Å². The molecule has 0 amide bonds. The number of pyridine rings is 2. The van der Waals surface area contributed by atoms with E-state index in [1.807, 2.05) is 41.1 Å². The zero-order valence-electron chi connectivity index (χ0n) is 15.6. The number of fused-ring (bicyclic) bond motifs is 5. The van der Waals surface area contributed by atoms with Crippen molar-refractivity contribution in [3.05, 3.63) is 36.7 Å². The fourth-order valence-corrected chi connectivity index (χ4v) is 3.79. The zero-order valence-corrected chi connectivity index (χ0v) is 15.6. The van der Waals surface area contributed by atoms with Crippen molar-refractivity contribution in [1.29, 1.82) is 0 Å². The van der Waals surface area contributed by atoms with Crippen LogP contribution in [0.25, 0.3) is 27.1 Å². The summed E-state index contributed by atoms with van der Waals surface area (Å²) < 4.78 is 29.4. The highest BCUT2D eigenvalue weighted by molar-refractivity contribution is 6.03. The first-order chi connectivity index (χ1) is 13.7. The van der Waals surface area contributed by atoms with Gasteiger partial charge < -0.3 is 28.8 Å². The summed E-state index contributed by atoms with van der Waals surface area (Å²) in [7, 11) is 4.55. The van der Waals surface area contributed by atoms with Crippen molar-refractivity contribution < 1.29 is 33.2 Å². The van der Waals surface area contributed by atoms with Crippen molar-refractivity contribution in [3.63, 3.8) is 0 Å². The van der Waals surface area contributed by atoms with Gasteiger partial charge >= 0.3 is 0 Å². The number of aromatic hydroxyl groups is 1. The number of phenols is 1. The topological polar surface area (TPSA) is 70.5 Å². The third-order valence-electron chi connectivity index (χ3n) is 5.09. The van der Waals surface area contributed by atoms with Gasteiger partial charge in [0, 0.05) is 17.5 Å². The van der Waals surface area contributed by atoms with E-state index in [1.165, 1.54) is 14.2 Å². The van der Waals surface area contributed by atoms with Gasteiger partial charge in [0.2, 0.25) is 23.8 Å². The van der Waals surface area contributed by atoms with Crippen LogP contribution in [0.5, 0.6) is 34.5 Å². The summed E-state index contributed by atoms with van der Waals surface area (Å²) in [5.74, 6) is 2.51. The Bertz CT molecular complexity index is 1270. The molecule has 5 rings (SSSR count). The fourth-order valence-electron chi connectivity index (χ4n) is 3.79. The van der Waals surface area contributed by atoms with Gasteiger partial charge in [-0.15, -0.1) is 0 Å². The Morgan fingerprint density at radius 2 is 1.57 bits per heavy atom. The highest BCUT2D eigenvalue weighted by Gasteiger charge is 2.25. The SMILES string of the molecule is COc1c(OC)c(OC)c2cc3c4cc5c(cc4cc[n+]3cc2c1O)OCO5. The number of rotatable bonds is 3. The summed E-state index contributed by atoms with van der Waals surface area (Å²) >= 11 is 0. The number of benzene rings is 2. The molecule has 0 atom stereocenters. The zero-order chi connectivity index (χ0) is 19.4.